The Hall–Kier alpha value is -3.94. The average molecular weight is 505 g/mol. The Morgan fingerprint density at radius 1 is 1.14 bits per heavy atom. The minimum atomic E-state index is -4.70. The van der Waals surface area contributed by atoms with Gasteiger partial charge in [-0.15, -0.1) is 0 Å². The molecular formula is C21H26F3N3O8. The molecule has 1 aromatic carbocycles. The van der Waals surface area contributed by atoms with Crippen LogP contribution in [0.1, 0.15) is 37.8 Å². The van der Waals surface area contributed by atoms with E-state index in [1.807, 2.05) is 0 Å². The third-order valence-electron chi connectivity index (χ3n) is 4.04. The normalized spacial score (nSPS) is 13.7. The first kappa shape index (κ1) is 31.1. The predicted molar refractivity (Wildman–Crippen MR) is 109 cm³/mol. The number of nitrogens with one attached hydrogen (secondary N) is 2. The first-order valence-electron chi connectivity index (χ1n) is 9.92. The van der Waals surface area contributed by atoms with E-state index >= 15 is 0 Å². The molecular weight excluding hydrogens is 479 g/mol. The molecule has 0 aliphatic carbocycles. The van der Waals surface area contributed by atoms with Gasteiger partial charge >= 0.3 is 12.1 Å². The molecule has 1 aromatic rings. The SMILES string of the molecule is CC(=O)[O-].CC(=O)[O-].[NH3+][C@@H](Cc1ccc(O)cc1C(F)(F)F)C(=O)N[C@@H](CC1=CCC=[NH+]1)C(=O)O. The number of allylic oxidation sites excluding steroid dienone is 1. The molecule has 1 heterocycles. The summed E-state index contributed by atoms with van der Waals surface area (Å²) in [7, 11) is 0. The van der Waals surface area contributed by atoms with E-state index in [1.165, 1.54) is 0 Å². The van der Waals surface area contributed by atoms with Crippen molar-refractivity contribution in [3.05, 3.63) is 41.1 Å². The van der Waals surface area contributed by atoms with Gasteiger partial charge in [-0.05, 0) is 37.6 Å². The number of carboxylic acid groups (broad SMARTS) is 3. The lowest BCUT2D eigenvalue weighted by molar-refractivity contribution is -0.403. The standard InChI is InChI=1S/C17H18F3N3O4.2C2H4O2/c18-17(19,20)12-8-11(24)4-3-9(12)6-13(21)15(25)23-14(16(26)27)7-10-2-1-5-22-10;2*1-2(3)4/h2-5,8,13-14,24H,1,6-7,21H2,(H,23,25)(H,26,27);2*1H3,(H,3,4)/t13-,14-;;/m0../s1. The van der Waals surface area contributed by atoms with Gasteiger partial charge in [-0.2, -0.15) is 13.2 Å². The predicted octanol–water partition coefficient (Wildman–Crippen LogP) is -3.53. The van der Waals surface area contributed by atoms with Crippen LogP contribution < -0.4 is 26.3 Å². The molecule has 0 aromatic heterocycles. The third-order valence-corrected chi connectivity index (χ3v) is 4.04. The number of hydrogen-bond acceptors (Lipinski definition) is 7. The fraction of sp³-hybridized carbons (Fsp3) is 0.381. The molecule has 0 fully saturated rings. The van der Waals surface area contributed by atoms with Crippen molar-refractivity contribution in [2.24, 2.45) is 0 Å². The van der Waals surface area contributed by atoms with Crippen LogP contribution in [-0.2, 0) is 31.8 Å². The van der Waals surface area contributed by atoms with Crippen LogP contribution in [0.4, 0.5) is 13.2 Å². The Balaban J connectivity index is 0.00000126. The molecule has 1 amide bonds. The maximum atomic E-state index is 13.1. The first-order chi connectivity index (χ1) is 16.0. The zero-order valence-corrected chi connectivity index (χ0v) is 18.8. The maximum Gasteiger partial charge on any atom is 0.416 e. The van der Waals surface area contributed by atoms with Crippen molar-refractivity contribution in [2.45, 2.75) is 51.4 Å². The first-order valence-corrected chi connectivity index (χ1v) is 9.92. The van der Waals surface area contributed by atoms with E-state index in [0.717, 1.165) is 26.0 Å². The lowest BCUT2D eigenvalue weighted by Gasteiger charge is -2.17. The summed E-state index contributed by atoms with van der Waals surface area (Å²) in [5.41, 5.74) is 2.92. The number of rotatable bonds is 7. The molecule has 7 N–H and O–H groups in total. The second kappa shape index (κ2) is 14.3. The number of halogens is 3. The van der Waals surface area contributed by atoms with E-state index in [4.69, 9.17) is 19.8 Å². The second-order valence-electron chi connectivity index (χ2n) is 7.14. The molecule has 2 rings (SSSR count). The van der Waals surface area contributed by atoms with Crippen LogP contribution in [0.3, 0.4) is 0 Å². The van der Waals surface area contributed by atoms with Gasteiger partial charge in [-0.1, -0.05) is 6.07 Å². The smallest absolute Gasteiger partial charge is 0.416 e. The van der Waals surface area contributed by atoms with Gasteiger partial charge in [0.2, 0.25) is 0 Å². The molecule has 0 radical (unpaired) electrons. The van der Waals surface area contributed by atoms with Crippen molar-refractivity contribution >= 4 is 30.0 Å². The number of aromatic hydroxyl groups is 1. The highest BCUT2D eigenvalue weighted by Gasteiger charge is 2.35. The zero-order chi connectivity index (χ0) is 27.3. The molecule has 35 heavy (non-hydrogen) atoms. The molecule has 14 heteroatoms. The van der Waals surface area contributed by atoms with Crippen LogP contribution >= 0.6 is 0 Å². The quantitative estimate of drug-likeness (QED) is 0.250. The monoisotopic (exact) mass is 505 g/mol. The number of phenolic OH excluding ortho intramolecular Hbond substituents is 1. The summed E-state index contributed by atoms with van der Waals surface area (Å²) in [6, 6.07) is 0.364. The molecule has 0 saturated carbocycles. The summed E-state index contributed by atoms with van der Waals surface area (Å²) < 4.78 is 39.3. The topological polar surface area (TPSA) is 208 Å². The number of amides is 1. The number of benzene rings is 1. The van der Waals surface area contributed by atoms with Gasteiger partial charge in [-0.25, -0.2) is 9.79 Å². The van der Waals surface area contributed by atoms with E-state index in [-0.39, 0.29) is 18.4 Å². The van der Waals surface area contributed by atoms with Gasteiger partial charge in [0.1, 0.15) is 18.0 Å². The van der Waals surface area contributed by atoms with E-state index in [2.05, 4.69) is 16.0 Å². The molecule has 1 aliphatic heterocycles. The Labute approximate surface area is 197 Å². The number of carbonyl (C=O) groups is 4. The van der Waals surface area contributed by atoms with Crippen LogP contribution in [0.2, 0.25) is 0 Å². The van der Waals surface area contributed by atoms with Crippen molar-refractivity contribution < 1.29 is 63.5 Å². The van der Waals surface area contributed by atoms with Crippen molar-refractivity contribution in [2.75, 3.05) is 0 Å². The molecule has 1 aliphatic rings. The summed E-state index contributed by atoms with van der Waals surface area (Å²) in [5.74, 6) is -4.74. The summed E-state index contributed by atoms with van der Waals surface area (Å²) in [6.07, 6.45) is -0.904. The number of hydrogen-bond donors (Lipinski definition) is 5. The highest BCUT2D eigenvalue weighted by atomic mass is 19.4. The minimum Gasteiger partial charge on any atom is -0.550 e. The van der Waals surface area contributed by atoms with E-state index in [1.54, 1.807) is 12.3 Å². The van der Waals surface area contributed by atoms with Crippen molar-refractivity contribution in [3.63, 3.8) is 0 Å². The number of carbonyl (C=O) groups excluding carboxylic acids is 3. The van der Waals surface area contributed by atoms with Gasteiger partial charge in [0.05, 0.1) is 12.0 Å². The van der Waals surface area contributed by atoms with Gasteiger partial charge in [0, 0.05) is 24.8 Å². The van der Waals surface area contributed by atoms with Crippen LogP contribution in [0.15, 0.2) is 30.0 Å². The Morgan fingerprint density at radius 3 is 2.11 bits per heavy atom. The summed E-state index contributed by atoms with van der Waals surface area (Å²) in [4.78, 5) is 44.2. The fourth-order valence-corrected chi connectivity index (χ4v) is 2.67. The molecule has 0 spiro atoms. The van der Waals surface area contributed by atoms with Gasteiger partial charge in [0.25, 0.3) is 5.91 Å². The molecule has 194 valence electrons. The Kier molecular flexibility index (Phi) is 12.7. The molecule has 0 bridgehead atoms. The van der Waals surface area contributed by atoms with Crippen LogP contribution in [0.25, 0.3) is 0 Å². The Bertz CT molecular complexity index is 957. The molecule has 0 unspecified atom stereocenters. The fourth-order valence-electron chi connectivity index (χ4n) is 2.67. The van der Waals surface area contributed by atoms with E-state index in [0.29, 0.717) is 18.2 Å². The lowest BCUT2D eigenvalue weighted by atomic mass is 9.99. The van der Waals surface area contributed by atoms with Crippen molar-refractivity contribution in [1.29, 1.82) is 0 Å². The molecule has 0 saturated heterocycles. The van der Waals surface area contributed by atoms with Crippen LogP contribution in [0.5, 0.6) is 5.75 Å². The number of quaternary nitrogens is 1. The van der Waals surface area contributed by atoms with Gasteiger partial charge < -0.3 is 41.1 Å². The van der Waals surface area contributed by atoms with Gasteiger partial charge in [0.15, 0.2) is 11.7 Å². The van der Waals surface area contributed by atoms with Gasteiger partial charge in [-0.3, -0.25) is 4.79 Å². The Morgan fingerprint density at radius 2 is 1.69 bits per heavy atom. The summed E-state index contributed by atoms with van der Waals surface area (Å²) in [6.45, 7) is 1.94. The minimum absolute atomic E-state index is 0.0251. The average Bonchev–Trinajstić information content (AvgIpc) is 3.20. The largest absolute Gasteiger partial charge is 0.550 e. The number of carboxylic acids is 3. The lowest BCUT2D eigenvalue weighted by Crippen LogP contribution is -2.70. The number of phenols is 1. The number of alkyl halides is 3. The molecule has 11 nitrogen and oxygen atoms in total. The zero-order valence-electron chi connectivity index (χ0n) is 18.8. The van der Waals surface area contributed by atoms with Crippen molar-refractivity contribution in [1.82, 2.24) is 5.32 Å². The highest BCUT2D eigenvalue weighted by molar-refractivity contribution is 5.86. The van der Waals surface area contributed by atoms with E-state index < -0.39 is 53.4 Å². The van der Waals surface area contributed by atoms with Crippen molar-refractivity contribution in [3.8, 4) is 5.75 Å². The summed E-state index contributed by atoms with van der Waals surface area (Å²) in [5, 5.41) is 38.6. The summed E-state index contributed by atoms with van der Waals surface area (Å²) >= 11 is 0. The van der Waals surface area contributed by atoms with Crippen LogP contribution in [-0.4, -0.2) is 52.3 Å². The third kappa shape index (κ3) is 13.4. The molecule has 2 atom stereocenters. The maximum absolute atomic E-state index is 13.1. The van der Waals surface area contributed by atoms with Crippen LogP contribution in [0, 0.1) is 0 Å². The second-order valence-corrected chi connectivity index (χ2v) is 7.14. The number of aliphatic carboxylic acids is 3. The highest BCUT2D eigenvalue weighted by Crippen LogP contribution is 2.34. The van der Waals surface area contributed by atoms with E-state index in [9.17, 15) is 33.0 Å².